The number of alkyl halides is 3. The summed E-state index contributed by atoms with van der Waals surface area (Å²) in [5.74, 6) is -1.44. The summed E-state index contributed by atoms with van der Waals surface area (Å²) in [5, 5.41) is 3.44. The average molecular weight is 324 g/mol. The first-order chi connectivity index (χ1) is 7.88. The third-order valence-corrected chi connectivity index (χ3v) is 3.59. The van der Waals surface area contributed by atoms with Gasteiger partial charge in [-0.05, 0) is 15.9 Å². The Kier molecular flexibility index (Phi) is 3.09. The molecule has 3 nitrogen and oxygen atoms in total. The molecule has 0 fully saturated rings. The molecule has 2 N–H and O–H groups in total. The molecule has 17 heavy (non-hydrogen) atoms. The van der Waals surface area contributed by atoms with Gasteiger partial charge in [-0.25, -0.2) is 9.97 Å². The van der Waals surface area contributed by atoms with Gasteiger partial charge < -0.3 is 5.73 Å². The molecule has 0 aliphatic carbocycles. The lowest BCUT2D eigenvalue weighted by Crippen LogP contribution is -2.12. The lowest BCUT2D eigenvalue weighted by Gasteiger charge is -2.07. The Labute approximate surface area is 107 Å². The minimum atomic E-state index is -4.60. The maximum Gasteiger partial charge on any atom is 0.451 e. The molecule has 0 spiro atoms. The highest BCUT2D eigenvalue weighted by Crippen LogP contribution is 2.33. The van der Waals surface area contributed by atoms with Crippen molar-refractivity contribution in [3.05, 3.63) is 27.1 Å². The molecule has 0 bridgehead atoms. The lowest BCUT2D eigenvalue weighted by atomic mass is 10.2. The quantitative estimate of drug-likeness (QED) is 0.872. The summed E-state index contributed by atoms with van der Waals surface area (Å²) >= 11 is 4.58. The van der Waals surface area contributed by atoms with E-state index in [1.165, 1.54) is 17.4 Å². The van der Waals surface area contributed by atoms with E-state index in [1.54, 1.807) is 10.8 Å². The minimum absolute atomic E-state index is 0.151. The Morgan fingerprint density at radius 2 is 1.94 bits per heavy atom. The fraction of sp³-hybridized carbons (Fsp3) is 0.111. The van der Waals surface area contributed by atoms with Gasteiger partial charge in [-0.3, -0.25) is 0 Å². The molecule has 8 heteroatoms. The number of hydrogen-bond acceptors (Lipinski definition) is 4. The van der Waals surface area contributed by atoms with Crippen LogP contribution < -0.4 is 5.73 Å². The highest BCUT2D eigenvalue weighted by Gasteiger charge is 2.35. The zero-order valence-electron chi connectivity index (χ0n) is 8.12. The fourth-order valence-electron chi connectivity index (χ4n) is 1.20. The van der Waals surface area contributed by atoms with Crippen LogP contribution in [0.15, 0.2) is 21.3 Å². The smallest absolute Gasteiger partial charge is 0.384 e. The molecule has 2 aromatic heterocycles. The molecular weight excluding hydrogens is 319 g/mol. The van der Waals surface area contributed by atoms with Crippen molar-refractivity contribution in [1.29, 1.82) is 0 Å². The van der Waals surface area contributed by atoms with Crippen LogP contribution in [0.5, 0.6) is 0 Å². The lowest BCUT2D eigenvalue weighted by molar-refractivity contribution is -0.144. The number of anilines is 1. The number of thiophene rings is 1. The molecule has 2 rings (SSSR count). The van der Waals surface area contributed by atoms with Crippen molar-refractivity contribution in [2.45, 2.75) is 6.18 Å². The van der Waals surface area contributed by atoms with Gasteiger partial charge >= 0.3 is 6.18 Å². The van der Waals surface area contributed by atoms with Crippen LogP contribution in [0.2, 0.25) is 0 Å². The van der Waals surface area contributed by atoms with Gasteiger partial charge in [0.2, 0.25) is 5.82 Å². The number of nitrogens with two attached hydrogens (primary N) is 1. The van der Waals surface area contributed by atoms with E-state index in [0.29, 0.717) is 10.0 Å². The first-order valence-corrected chi connectivity index (χ1v) is 6.05. The molecule has 0 radical (unpaired) electrons. The van der Waals surface area contributed by atoms with Gasteiger partial charge in [-0.2, -0.15) is 24.5 Å². The Bertz CT molecular complexity index is 553. The predicted octanol–water partition coefficient (Wildman–Crippen LogP) is 3.57. The second kappa shape index (κ2) is 4.26. The van der Waals surface area contributed by atoms with Gasteiger partial charge in [-0.15, -0.1) is 0 Å². The third-order valence-electron chi connectivity index (χ3n) is 1.89. The standard InChI is InChI=1S/C9H5BrF3N3S/c10-5-3-17-2-4(5)6-1-7(14)16-8(15-6)9(11,12)13/h1-3H,(H2,14,15,16). The zero-order valence-corrected chi connectivity index (χ0v) is 10.5. The van der Waals surface area contributed by atoms with E-state index < -0.39 is 12.0 Å². The van der Waals surface area contributed by atoms with Crippen molar-refractivity contribution < 1.29 is 13.2 Å². The summed E-state index contributed by atoms with van der Waals surface area (Å²) < 4.78 is 38.2. The number of nitrogens with zero attached hydrogens (tertiary/aromatic N) is 2. The first-order valence-electron chi connectivity index (χ1n) is 4.32. The molecule has 90 valence electrons. The molecule has 0 saturated heterocycles. The number of rotatable bonds is 1. The van der Waals surface area contributed by atoms with Gasteiger partial charge in [0.25, 0.3) is 0 Å². The van der Waals surface area contributed by atoms with Gasteiger partial charge in [0.05, 0.1) is 5.69 Å². The van der Waals surface area contributed by atoms with E-state index in [0.717, 1.165) is 0 Å². The second-order valence-corrected chi connectivity index (χ2v) is 4.73. The number of nitrogen functional groups attached to an aromatic ring is 1. The van der Waals surface area contributed by atoms with Crippen molar-refractivity contribution in [1.82, 2.24) is 9.97 Å². The SMILES string of the molecule is Nc1cc(-c2cscc2Br)nc(C(F)(F)F)n1. The van der Waals surface area contributed by atoms with Crippen LogP contribution in [0.4, 0.5) is 19.0 Å². The van der Waals surface area contributed by atoms with E-state index in [1.807, 2.05) is 0 Å². The largest absolute Gasteiger partial charge is 0.451 e. The van der Waals surface area contributed by atoms with Gasteiger partial charge in [-0.1, -0.05) is 0 Å². The van der Waals surface area contributed by atoms with Crippen LogP contribution in [0.25, 0.3) is 11.3 Å². The Hall–Kier alpha value is -1.15. The molecular formula is C9H5BrF3N3S. The maximum absolute atomic E-state index is 12.5. The van der Waals surface area contributed by atoms with Gasteiger partial charge in [0.15, 0.2) is 0 Å². The highest BCUT2D eigenvalue weighted by molar-refractivity contribution is 9.10. The van der Waals surface area contributed by atoms with Crippen LogP contribution >= 0.6 is 27.3 Å². The van der Waals surface area contributed by atoms with Crippen molar-refractivity contribution in [3.63, 3.8) is 0 Å². The predicted molar refractivity (Wildman–Crippen MR) is 62.5 cm³/mol. The summed E-state index contributed by atoms with van der Waals surface area (Å²) in [4.78, 5) is 6.64. The van der Waals surface area contributed by atoms with E-state index in [9.17, 15) is 13.2 Å². The van der Waals surface area contributed by atoms with Crippen molar-refractivity contribution in [2.75, 3.05) is 5.73 Å². The molecule has 0 aliphatic rings. The van der Waals surface area contributed by atoms with E-state index >= 15 is 0 Å². The van der Waals surface area contributed by atoms with Crippen LogP contribution in [0.1, 0.15) is 5.82 Å². The molecule has 2 aromatic rings. The van der Waals surface area contributed by atoms with E-state index in [-0.39, 0.29) is 11.5 Å². The fourth-order valence-corrected chi connectivity index (χ4v) is 2.69. The van der Waals surface area contributed by atoms with Crippen molar-refractivity contribution in [2.24, 2.45) is 0 Å². The minimum Gasteiger partial charge on any atom is -0.384 e. The maximum atomic E-state index is 12.5. The summed E-state index contributed by atoms with van der Waals surface area (Å²) in [6.07, 6.45) is -4.60. The molecule has 0 saturated carbocycles. The first kappa shape index (κ1) is 12.3. The molecule has 0 atom stereocenters. The Morgan fingerprint density at radius 1 is 1.24 bits per heavy atom. The summed E-state index contributed by atoms with van der Waals surface area (Å²) in [7, 11) is 0. The Morgan fingerprint density at radius 3 is 2.47 bits per heavy atom. The van der Waals surface area contributed by atoms with Crippen LogP contribution in [0.3, 0.4) is 0 Å². The summed E-state index contributed by atoms with van der Waals surface area (Å²) in [6, 6.07) is 1.31. The highest BCUT2D eigenvalue weighted by atomic mass is 79.9. The van der Waals surface area contributed by atoms with Crippen LogP contribution in [-0.2, 0) is 6.18 Å². The number of aromatic nitrogens is 2. The summed E-state index contributed by atoms with van der Waals surface area (Å²) in [5.41, 5.74) is 6.06. The summed E-state index contributed by atoms with van der Waals surface area (Å²) in [6.45, 7) is 0. The third kappa shape index (κ3) is 2.58. The van der Waals surface area contributed by atoms with Crippen molar-refractivity contribution >= 4 is 33.1 Å². The number of hydrogen-bond donors (Lipinski definition) is 1. The normalized spacial score (nSPS) is 11.8. The molecule has 0 unspecified atom stereocenters. The second-order valence-electron chi connectivity index (χ2n) is 3.13. The van der Waals surface area contributed by atoms with Crippen molar-refractivity contribution in [3.8, 4) is 11.3 Å². The molecule has 0 aliphatic heterocycles. The molecule has 0 aromatic carbocycles. The molecule has 2 heterocycles. The van der Waals surface area contributed by atoms with Crippen LogP contribution in [0, 0.1) is 0 Å². The molecule has 0 amide bonds. The average Bonchev–Trinajstić information content (AvgIpc) is 2.62. The monoisotopic (exact) mass is 323 g/mol. The van der Waals surface area contributed by atoms with Gasteiger partial charge in [0.1, 0.15) is 5.82 Å². The topological polar surface area (TPSA) is 51.8 Å². The zero-order chi connectivity index (χ0) is 12.6. The number of halogens is 4. The van der Waals surface area contributed by atoms with Gasteiger partial charge in [0, 0.05) is 26.9 Å². The Balaban J connectivity index is 2.57. The van der Waals surface area contributed by atoms with E-state index in [2.05, 4.69) is 25.9 Å². The van der Waals surface area contributed by atoms with E-state index in [4.69, 9.17) is 5.73 Å². The van der Waals surface area contributed by atoms with Crippen LogP contribution in [-0.4, -0.2) is 9.97 Å².